The fourth-order valence-corrected chi connectivity index (χ4v) is 6.10. The molecule has 0 aromatic heterocycles. The minimum Gasteiger partial charge on any atom is -0.496 e. The van der Waals surface area contributed by atoms with Gasteiger partial charge in [0.25, 0.3) is 0 Å². The van der Waals surface area contributed by atoms with Gasteiger partial charge in [-0.1, -0.05) is 78.9 Å². The predicted molar refractivity (Wildman–Crippen MR) is 119 cm³/mol. The van der Waals surface area contributed by atoms with E-state index in [1.807, 2.05) is 24.3 Å². The number of nitrogens with one attached hydrogen (secondary N) is 1. The van der Waals surface area contributed by atoms with Crippen molar-refractivity contribution in [1.29, 1.82) is 0 Å². The zero-order valence-corrected chi connectivity index (χ0v) is 17.4. The van der Waals surface area contributed by atoms with Crippen LogP contribution in [-0.4, -0.2) is 20.2 Å². The van der Waals surface area contributed by atoms with Crippen molar-refractivity contribution in [2.24, 2.45) is 11.8 Å². The van der Waals surface area contributed by atoms with Gasteiger partial charge in [0.15, 0.2) is 0 Å². The van der Waals surface area contributed by atoms with Crippen molar-refractivity contribution in [3.05, 3.63) is 102 Å². The molecule has 1 aliphatic heterocycles. The maximum Gasteiger partial charge on any atom is 0.144 e. The fourth-order valence-electron chi connectivity index (χ4n) is 6.10. The Labute approximate surface area is 178 Å². The molecule has 2 unspecified atom stereocenters. The van der Waals surface area contributed by atoms with Crippen molar-refractivity contribution < 1.29 is 9.13 Å². The van der Waals surface area contributed by atoms with E-state index < -0.39 is 5.67 Å². The fraction of sp³-hybridized carbons (Fsp3) is 0.333. The maximum absolute atomic E-state index is 17.0. The van der Waals surface area contributed by atoms with Crippen molar-refractivity contribution >= 4 is 0 Å². The number of fused-ring (bicyclic) bond motifs is 1. The molecule has 0 bridgehead atoms. The summed E-state index contributed by atoms with van der Waals surface area (Å²) in [6, 6.07) is 29.0. The number of methoxy groups -OCH3 is 1. The molecule has 5 rings (SSSR count). The first-order valence-corrected chi connectivity index (χ1v) is 10.8. The zero-order valence-electron chi connectivity index (χ0n) is 17.4. The van der Waals surface area contributed by atoms with Crippen LogP contribution in [0.5, 0.6) is 5.75 Å². The average molecular weight is 402 g/mol. The first kappa shape index (κ1) is 19.3. The van der Waals surface area contributed by atoms with E-state index in [0.717, 1.165) is 13.0 Å². The van der Waals surface area contributed by atoms with Gasteiger partial charge in [-0.2, -0.15) is 0 Å². The van der Waals surface area contributed by atoms with Gasteiger partial charge in [0.1, 0.15) is 11.4 Å². The first-order valence-electron chi connectivity index (χ1n) is 10.8. The Kier molecular flexibility index (Phi) is 4.86. The Balaban J connectivity index is 1.67. The van der Waals surface area contributed by atoms with Crippen LogP contribution in [0.1, 0.15) is 29.5 Å². The molecule has 3 atom stereocenters. The third kappa shape index (κ3) is 2.79. The third-order valence-electron chi connectivity index (χ3n) is 7.45. The summed E-state index contributed by atoms with van der Waals surface area (Å²) in [7, 11) is 1.63. The lowest BCUT2D eigenvalue weighted by atomic mass is 9.52. The van der Waals surface area contributed by atoms with E-state index in [1.165, 1.54) is 11.1 Å². The predicted octanol–water partition coefficient (Wildman–Crippen LogP) is 5.48. The molecule has 3 aromatic rings. The summed E-state index contributed by atoms with van der Waals surface area (Å²) >= 11 is 0. The molecule has 2 fully saturated rings. The van der Waals surface area contributed by atoms with Gasteiger partial charge in [0.2, 0.25) is 0 Å². The normalized spacial score (nSPS) is 27.4. The molecular weight excluding hydrogens is 373 g/mol. The molecule has 30 heavy (non-hydrogen) atoms. The molecule has 3 heteroatoms. The minimum atomic E-state index is -1.41. The van der Waals surface area contributed by atoms with Crippen LogP contribution < -0.4 is 10.1 Å². The van der Waals surface area contributed by atoms with E-state index in [2.05, 4.69) is 66.0 Å². The Morgan fingerprint density at radius 3 is 1.97 bits per heavy atom. The van der Waals surface area contributed by atoms with Crippen LogP contribution in [0.25, 0.3) is 0 Å². The summed E-state index contributed by atoms with van der Waals surface area (Å²) in [6.07, 6.45) is 1.23. The van der Waals surface area contributed by atoms with Gasteiger partial charge in [-0.05, 0) is 42.5 Å². The minimum absolute atomic E-state index is 0.122. The Hall–Kier alpha value is -2.65. The van der Waals surface area contributed by atoms with E-state index >= 15 is 4.39 Å². The summed E-state index contributed by atoms with van der Waals surface area (Å²) in [5, 5.41) is 3.54. The molecule has 0 amide bonds. The Morgan fingerprint density at radius 2 is 1.33 bits per heavy atom. The molecule has 2 nitrogen and oxygen atoms in total. The van der Waals surface area contributed by atoms with Gasteiger partial charge < -0.3 is 10.1 Å². The molecule has 2 aliphatic rings. The van der Waals surface area contributed by atoms with Gasteiger partial charge >= 0.3 is 0 Å². The molecule has 0 spiro atoms. The van der Waals surface area contributed by atoms with Crippen molar-refractivity contribution in [3.8, 4) is 5.75 Å². The van der Waals surface area contributed by atoms with Crippen LogP contribution >= 0.6 is 0 Å². The number of rotatable bonds is 4. The smallest absolute Gasteiger partial charge is 0.144 e. The second-order valence-corrected chi connectivity index (χ2v) is 8.64. The topological polar surface area (TPSA) is 21.3 Å². The van der Waals surface area contributed by atoms with E-state index in [1.54, 1.807) is 7.11 Å². The quantitative estimate of drug-likeness (QED) is 0.625. The molecule has 1 aliphatic carbocycles. The number of ether oxygens (including phenoxy) is 1. The van der Waals surface area contributed by atoms with Gasteiger partial charge in [0, 0.05) is 23.4 Å². The SMILES string of the molecule is COc1ccccc1C1(F)CCC(c2ccccc2)(c2ccccc2)[C@H]2CNCC21. The van der Waals surface area contributed by atoms with Crippen LogP contribution in [0.2, 0.25) is 0 Å². The number of halogens is 1. The highest BCUT2D eigenvalue weighted by molar-refractivity contribution is 5.46. The van der Waals surface area contributed by atoms with E-state index in [0.29, 0.717) is 24.3 Å². The largest absolute Gasteiger partial charge is 0.496 e. The molecular formula is C27H28FNO. The Bertz CT molecular complexity index is 966. The summed E-state index contributed by atoms with van der Waals surface area (Å²) < 4.78 is 22.5. The lowest BCUT2D eigenvalue weighted by molar-refractivity contribution is -0.0137. The van der Waals surface area contributed by atoms with Crippen LogP contribution in [0.15, 0.2) is 84.9 Å². The molecule has 154 valence electrons. The third-order valence-corrected chi connectivity index (χ3v) is 7.45. The maximum atomic E-state index is 17.0. The lowest BCUT2D eigenvalue weighted by Crippen LogP contribution is -2.52. The highest BCUT2D eigenvalue weighted by atomic mass is 19.1. The molecule has 0 radical (unpaired) electrons. The second-order valence-electron chi connectivity index (χ2n) is 8.64. The van der Waals surface area contributed by atoms with Crippen molar-refractivity contribution in [3.63, 3.8) is 0 Å². The van der Waals surface area contributed by atoms with Crippen LogP contribution in [0.3, 0.4) is 0 Å². The van der Waals surface area contributed by atoms with Gasteiger partial charge in [-0.3, -0.25) is 0 Å². The van der Waals surface area contributed by atoms with Crippen molar-refractivity contribution in [1.82, 2.24) is 5.32 Å². The zero-order chi connectivity index (χ0) is 20.6. The van der Waals surface area contributed by atoms with Crippen LogP contribution in [-0.2, 0) is 11.1 Å². The summed E-state index contributed by atoms with van der Waals surface area (Å²) in [4.78, 5) is 0. The summed E-state index contributed by atoms with van der Waals surface area (Å²) in [5.41, 5.74) is 1.66. The average Bonchev–Trinajstić information content (AvgIpc) is 3.33. The van der Waals surface area contributed by atoms with Crippen LogP contribution in [0.4, 0.5) is 4.39 Å². The van der Waals surface area contributed by atoms with Crippen LogP contribution in [0, 0.1) is 11.8 Å². The number of alkyl halides is 1. The highest BCUT2D eigenvalue weighted by Crippen LogP contribution is 2.60. The number of hydrogen-bond donors (Lipinski definition) is 1. The second kappa shape index (κ2) is 7.55. The number of para-hydroxylation sites is 1. The van der Waals surface area contributed by atoms with Crippen molar-refractivity contribution in [2.75, 3.05) is 20.2 Å². The van der Waals surface area contributed by atoms with Gasteiger partial charge in [-0.25, -0.2) is 4.39 Å². The molecule has 1 saturated carbocycles. The molecule has 1 N–H and O–H groups in total. The molecule has 3 aromatic carbocycles. The number of benzene rings is 3. The molecule has 1 heterocycles. The highest BCUT2D eigenvalue weighted by Gasteiger charge is 2.60. The van der Waals surface area contributed by atoms with E-state index in [9.17, 15) is 0 Å². The number of hydrogen-bond acceptors (Lipinski definition) is 2. The van der Waals surface area contributed by atoms with Gasteiger partial charge in [-0.15, -0.1) is 0 Å². The summed E-state index contributed by atoms with van der Waals surface area (Å²) in [6.45, 7) is 1.50. The summed E-state index contributed by atoms with van der Waals surface area (Å²) in [5.74, 6) is 0.687. The lowest BCUT2D eigenvalue weighted by Gasteiger charge is -2.52. The van der Waals surface area contributed by atoms with Gasteiger partial charge in [0.05, 0.1) is 7.11 Å². The first-order chi connectivity index (χ1) is 14.7. The standard InChI is InChI=1S/C27H28FNO/c1-30-25-15-9-8-14-22(25)27(28)17-16-26(20-10-4-2-5-11-20,21-12-6-3-7-13-21)23-18-29-19-24(23)27/h2-15,23-24,29H,16-19H2,1H3/t23-,24?,27?/m0/s1. The monoisotopic (exact) mass is 401 g/mol. The van der Waals surface area contributed by atoms with Crippen molar-refractivity contribution in [2.45, 2.75) is 23.9 Å². The van der Waals surface area contributed by atoms with E-state index in [-0.39, 0.29) is 17.3 Å². The van der Waals surface area contributed by atoms with E-state index in [4.69, 9.17) is 4.74 Å². The Morgan fingerprint density at radius 1 is 0.767 bits per heavy atom. The molecule has 1 saturated heterocycles.